The third-order valence-corrected chi connectivity index (χ3v) is 4.06. The fourth-order valence-corrected chi connectivity index (χ4v) is 2.75. The number of methoxy groups -OCH3 is 1. The first-order valence-electron chi connectivity index (χ1n) is 5.55. The molecule has 0 aliphatic carbocycles. The van der Waals surface area contributed by atoms with Crippen molar-refractivity contribution in [2.45, 2.75) is 0 Å². The van der Waals surface area contributed by atoms with E-state index in [1.807, 2.05) is 43.3 Å². The smallest absolute Gasteiger partial charge is 0.351 e. The Balaban J connectivity index is 2.34. The van der Waals surface area contributed by atoms with Crippen molar-refractivity contribution in [1.82, 2.24) is 4.98 Å². The first-order valence-corrected chi connectivity index (χ1v) is 6.74. The summed E-state index contributed by atoms with van der Waals surface area (Å²) in [7, 11) is 5.28. The van der Waals surface area contributed by atoms with Crippen molar-refractivity contribution in [1.29, 1.82) is 0 Å². The lowest BCUT2D eigenvalue weighted by Gasteiger charge is -2.11. The van der Waals surface area contributed by atoms with Crippen molar-refractivity contribution in [3.05, 3.63) is 34.3 Å². The van der Waals surface area contributed by atoms with E-state index < -0.39 is 5.97 Å². The average molecular weight is 297 g/mol. The van der Waals surface area contributed by atoms with Gasteiger partial charge < -0.3 is 9.64 Å². The number of carbonyl (C=O) groups excluding carboxylic acids is 1. The molecule has 0 spiro atoms. The molecule has 0 aliphatic heterocycles. The number of nitrogens with zero attached hydrogens (tertiary/aromatic N) is 2. The fraction of sp³-hybridized carbons (Fsp3) is 0.231. The van der Waals surface area contributed by atoms with E-state index in [1.54, 1.807) is 0 Å². The molecule has 0 aliphatic rings. The number of hydrogen-bond donors (Lipinski definition) is 0. The highest BCUT2D eigenvalue weighted by Gasteiger charge is 2.18. The third kappa shape index (κ3) is 2.88. The van der Waals surface area contributed by atoms with Crippen LogP contribution in [-0.4, -0.2) is 32.2 Å². The molecule has 0 saturated heterocycles. The van der Waals surface area contributed by atoms with Gasteiger partial charge in [-0.05, 0) is 24.3 Å². The second kappa shape index (κ2) is 5.59. The van der Waals surface area contributed by atoms with Gasteiger partial charge in [-0.1, -0.05) is 11.6 Å². The van der Waals surface area contributed by atoms with Crippen LogP contribution in [0.25, 0.3) is 10.6 Å². The van der Waals surface area contributed by atoms with Gasteiger partial charge in [-0.2, -0.15) is 0 Å². The van der Waals surface area contributed by atoms with Gasteiger partial charge >= 0.3 is 5.97 Å². The quantitative estimate of drug-likeness (QED) is 0.815. The Morgan fingerprint density at radius 1 is 1.32 bits per heavy atom. The van der Waals surface area contributed by atoms with Crippen LogP contribution in [-0.2, 0) is 4.74 Å². The monoisotopic (exact) mass is 296 g/mol. The summed E-state index contributed by atoms with van der Waals surface area (Å²) in [6.07, 6.45) is 0. The molecular formula is C13H13ClN2O2S. The highest BCUT2D eigenvalue weighted by Crippen LogP contribution is 2.32. The lowest BCUT2D eigenvalue weighted by Crippen LogP contribution is -2.07. The maximum atomic E-state index is 11.5. The van der Waals surface area contributed by atoms with Crippen LogP contribution in [0.2, 0.25) is 5.15 Å². The maximum Gasteiger partial charge on any atom is 0.351 e. The minimum Gasteiger partial charge on any atom is -0.465 e. The van der Waals surface area contributed by atoms with Gasteiger partial charge in [0.2, 0.25) is 0 Å². The summed E-state index contributed by atoms with van der Waals surface area (Å²) >= 11 is 7.17. The van der Waals surface area contributed by atoms with Crippen LogP contribution in [0.3, 0.4) is 0 Å². The van der Waals surface area contributed by atoms with Crippen LogP contribution in [0.1, 0.15) is 9.67 Å². The zero-order valence-electron chi connectivity index (χ0n) is 10.8. The molecule has 100 valence electrons. The second-order valence-corrected chi connectivity index (χ2v) is 5.43. The number of thiazole rings is 1. The molecule has 0 bridgehead atoms. The van der Waals surface area contributed by atoms with Crippen molar-refractivity contribution in [3.63, 3.8) is 0 Å². The van der Waals surface area contributed by atoms with E-state index in [0.29, 0.717) is 9.88 Å². The molecule has 1 heterocycles. The van der Waals surface area contributed by atoms with Gasteiger partial charge in [0, 0.05) is 25.3 Å². The summed E-state index contributed by atoms with van der Waals surface area (Å²) in [4.78, 5) is 18.0. The van der Waals surface area contributed by atoms with Crippen molar-refractivity contribution in [3.8, 4) is 10.6 Å². The number of anilines is 1. The van der Waals surface area contributed by atoms with Crippen molar-refractivity contribution >= 4 is 34.6 Å². The molecule has 1 aromatic carbocycles. The van der Waals surface area contributed by atoms with E-state index >= 15 is 0 Å². The third-order valence-electron chi connectivity index (χ3n) is 2.59. The molecule has 0 atom stereocenters. The van der Waals surface area contributed by atoms with E-state index in [2.05, 4.69) is 9.72 Å². The Morgan fingerprint density at radius 3 is 2.47 bits per heavy atom. The highest BCUT2D eigenvalue weighted by molar-refractivity contribution is 7.17. The lowest BCUT2D eigenvalue weighted by atomic mass is 10.2. The van der Waals surface area contributed by atoms with E-state index in [0.717, 1.165) is 11.3 Å². The Hall–Kier alpha value is -1.59. The summed E-state index contributed by atoms with van der Waals surface area (Å²) in [5.41, 5.74) is 2.02. The van der Waals surface area contributed by atoms with Gasteiger partial charge in [-0.25, -0.2) is 9.78 Å². The predicted octanol–water partition coefficient (Wildman–Crippen LogP) is 3.32. The van der Waals surface area contributed by atoms with E-state index in [4.69, 9.17) is 11.6 Å². The van der Waals surface area contributed by atoms with Crippen LogP contribution in [0.5, 0.6) is 0 Å². The molecule has 0 unspecified atom stereocenters. The molecule has 0 saturated carbocycles. The Morgan fingerprint density at radius 2 is 1.95 bits per heavy atom. The summed E-state index contributed by atoms with van der Waals surface area (Å²) < 4.78 is 4.66. The minimum atomic E-state index is -0.460. The van der Waals surface area contributed by atoms with Crippen molar-refractivity contribution in [2.24, 2.45) is 0 Å². The van der Waals surface area contributed by atoms with E-state index in [9.17, 15) is 4.79 Å². The van der Waals surface area contributed by atoms with Crippen LogP contribution in [0, 0.1) is 0 Å². The number of benzene rings is 1. The summed E-state index contributed by atoms with van der Waals surface area (Å²) in [6.45, 7) is 0. The molecule has 0 radical (unpaired) electrons. The number of esters is 1. The highest BCUT2D eigenvalue weighted by atomic mass is 35.5. The first kappa shape index (κ1) is 13.8. The molecule has 1 aromatic heterocycles. The molecule has 0 amide bonds. The number of carbonyl (C=O) groups is 1. The number of ether oxygens (including phenoxy) is 1. The maximum absolute atomic E-state index is 11.5. The average Bonchev–Trinajstić information content (AvgIpc) is 2.80. The Labute approximate surface area is 120 Å². The molecule has 2 aromatic rings. The molecule has 0 N–H and O–H groups in total. The number of rotatable bonds is 3. The van der Waals surface area contributed by atoms with Gasteiger partial charge in [0.1, 0.15) is 5.01 Å². The van der Waals surface area contributed by atoms with E-state index in [1.165, 1.54) is 18.4 Å². The van der Waals surface area contributed by atoms with Crippen LogP contribution in [0.15, 0.2) is 24.3 Å². The molecule has 6 heteroatoms. The largest absolute Gasteiger partial charge is 0.465 e. The van der Waals surface area contributed by atoms with Gasteiger partial charge in [-0.15, -0.1) is 11.3 Å². The Kier molecular flexibility index (Phi) is 4.07. The van der Waals surface area contributed by atoms with Crippen LogP contribution >= 0.6 is 22.9 Å². The summed E-state index contributed by atoms with van der Waals surface area (Å²) in [6, 6.07) is 7.88. The van der Waals surface area contributed by atoms with Gasteiger partial charge in [0.15, 0.2) is 10.0 Å². The summed E-state index contributed by atoms with van der Waals surface area (Å²) in [5, 5.41) is 0.888. The number of halogens is 1. The van der Waals surface area contributed by atoms with Gasteiger partial charge in [-0.3, -0.25) is 0 Å². The molecule has 19 heavy (non-hydrogen) atoms. The zero-order chi connectivity index (χ0) is 14.0. The second-order valence-electron chi connectivity index (χ2n) is 4.07. The standard InChI is InChI=1S/C13H13ClN2O2S/c1-16(2)9-6-4-8(5-7-9)12-15-11(14)10(19-12)13(17)18-3/h4-7H,1-3H3. The van der Waals surface area contributed by atoms with Crippen LogP contribution in [0.4, 0.5) is 5.69 Å². The first-order chi connectivity index (χ1) is 9.02. The molecule has 0 fully saturated rings. The van der Waals surface area contributed by atoms with Crippen LogP contribution < -0.4 is 4.90 Å². The van der Waals surface area contributed by atoms with E-state index in [-0.39, 0.29) is 5.15 Å². The topological polar surface area (TPSA) is 42.4 Å². The number of hydrogen-bond acceptors (Lipinski definition) is 5. The SMILES string of the molecule is COC(=O)c1sc(-c2ccc(N(C)C)cc2)nc1Cl. The fourth-order valence-electron chi connectivity index (χ4n) is 1.55. The normalized spacial score (nSPS) is 10.3. The molecular weight excluding hydrogens is 284 g/mol. The predicted molar refractivity (Wildman–Crippen MR) is 78.2 cm³/mol. The van der Waals surface area contributed by atoms with Gasteiger partial charge in [0.25, 0.3) is 0 Å². The van der Waals surface area contributed by atoms with Gasteiger partial charge in [0.05, 0.1) is 7.11 Å². The minimum absolute atomic E-state index is 0.184. The lowest BCUT2D eigenvalue weighted by molar-refractivity contribution is 0.0606. The molecule has 2 rings (SSSR count). The number of aromatic nitrogens is 1. The van der Waals surface area contributed by atoms with Crippen molar-refractivity contribution in [2.75, 3.05) is 26.1 Å². The Bertz CT molecular complexity index is 593. The molecule has 4 nitrogen and oxygen atoms in total. The summed E-state index contributed by atoms with van der Waals surface area (Å²) in [5.74, 6) is -0.460. The van der Waals surface area contributed by atoms with Crippen molar-refractivity contribution < 1.29 is 9.53 Å². The zero-order valence-corrected chi connectivity index (χ0v) is 12.4.